The molecule has 0 saturated carbocycles. The number of rotatable bonds is 4. The van der Waals surface area contributed by atoms with Crippen molar-refractivity contribution in [2.24, 2.45) is 5.16 Å². The first-order valence-corrected chi connectivity index (χ1v) is 9.42. The van der Waals surface area contributed by atoms with Gasteiger partial charge in [-0.25, -0.2) is 0 Å². The van der Waals surface area contributed by atoms with Crippen molar-refractivity contribution in [3.63, 3.8) is 0 Å². The average molecular weight is 405 g/mol. The molecule has 3 fully saturated rings. The third-order valence-corrected chi connectivity index (χ3v) is 5.60. The zero-order chi connectivity index (χ0) is 20.2. The largest absolute Gasteiger partial charge is 0.394 e. The number of nitrogens with zero attached hydrogens (tertiary/aromatic N) is 1. The van der Waals surface area contributed by atoms with E-state index in [4.69, 9.17) is 23.8 Å². The Bertz CT molecular complexity index is 613. The molecule has 4 rings (SSSR count). The maximum absolute atomic E-state index is 10.2. The van der Waals surface area contributed by atoms with Crippen LogP contribution < -0.4 is 0 Å². The van der Waals surface area contributed by atoms with Crippen LogP contribution in [-0.2, 0) is 23.8 Å². The van der Waals surface area contributed by atoms with Crippen molar-refractivity contribution in [1.29, 1.82) is 0 Å². The van der Waals surface area contributed by atoms with Gasteiger partial charge in [-0.15, -0.1) is 0 Å². The maximum atomic E-state index is 10.2. The van der Waals surface area contributed by atoms with E-state index in [0.717, 1.165) is 0 Å². The van der Waals surface area contributed by atoms with Gasteiger partial charge in [-0.2, -0.15) is 0 Å². The maximum Gasteiger partial charge on any atom is 0.184 e. The summed E-state index contributed by atoms with van der Waals surface area (Å²) in [6.07, 6.45) is -8.80. The topological polar surface area (TPSA) is 160 Å². The molecule has 0 aromatic rings. The third kappa shape index (κ3) is 3.55. The molecule has 0 aliphatic carbocycles. The first-order chi connectivity index (χ1) is 13.2. The Hall–Kier alpha value is -0.890. The van der Waals surface area contributed by atoms with Crippen molar-refractivity contribution >= 4 is 5.71 Å². The van der Waals surface area contributed by atoms with Gasteiger partial charge in [0.2, 0.25) is 0 Å². The minimum absolute atomic E-state index is 0.181. The number of hydrogen-bond donors (Lipinski definition) is 5. The Morgan fingerprint density at radius 3 is 2.36 bits per heavy atom. The van der Waals surface area contributed by atoms with E-state index >= 15 is 0 Å². The minimum Gasteiger partial charge on any atom is -0.394 e. The first kappa shape index (κ1) is 20.4. The lowest BCUT2D eigenvalue weighted by Gasteiger charge is -2.40. The van der Waals surface area contributed by atoms with Crippen LogP contribution >= 0.6 is 0 Å². The highest BCUT2D eigenvalue weighted by atomic mass is 16.8. The molecule has 0 radical (unpaired) electrons. The van der Waals surface area contributed by atoms with Crippen LogP contribution in [-0.4, -0.2) is 105 Å². The second-order valence-corrected chi connectivity index (χ2v) is 8.13. The van der Waals surface area contributed by atoms with E-state index in [1.165, 1.54) is 0 Å². The molecule has 4 aliphatic rings. The van der Waals surface area contributed by atoms with Crippen LogP contribution in [0.25, 0.3) is 0 Å². The Kier molecular flexibility index (Phi) is 5.40. The summed E-state index contributed by atoms with van der Waals surface area (Å²) in [4.78, 5) is 5.43. The van der Waals surface area contributed by atoms with Crippen molar-refractivity contribution in [2.45, 2.75) is 93.7 Å². The highest BCUT2D eigenvalue weighted by molar-refractivity contribution is 5.90. The van der Waals surface area contributed by atoms with E-state index in [0.29, 0.717) is 12.1 Å². The fourth-order valence-electron chi connectivity index (χ4n) is 4.22. The third-order valence-electron chi connectivity index (χ3n) is 5.60. The molecule has 3 saturated heterocycles. The summed E-state index contributed by atoms with van der Waals surface area (Å²) < 4.78 is 22.5. The Morgan fingerprint density at radius 2 is 1.64 bits per heavy atom. The smallest absolute Gasteiger partial charge is 0.184 e. The van der Waals surface area contributed by atoms with Crippen LogP contribution in [0, 0.1) is 0 Å². The molecule has 4 aliphatic heterocycles. The quantitative estimate of drug-likeness (QED) is 0.341. The predicted octanol–water partition coefficient (Wildman–Crippen LogP) is -2.40. The Balaban J connectivity index is 1.37. The zero-order valence-corrected chi connectivity index (χ0v) is 15.6. The van der Waals surface area contributed by atoms with Crippen molar-refractivity contribution in [2.75, 3.05) is 6.61 Å². The van der Waals surface area contributed by atoms with Crippen molar-refractivity contribution in [3.05, 3.63) is 0 Å². The van der Waals surface area contributed by atoms with Gasteiger partial charge < -0.3 is 49.3 Å². The summed E-state index contributed by atoms with van der Waals surface area (Å²) in [6.45, 7) is 3.02. The molecule has 0 aromatic heterocycles. The van der Waals surface area contributed by atoms with Crippen LogP contribution in [0.5, 0.6) is 0 Å². The van der Waals surface area contributed by atoms with Crippen LogP contribution in [0.2, 0.25) is 0 Å². The lowest BCUT2D eigenvalue weighted by molar-refractivity contribution is -0.234. The normalized spacial score (nSPS) is 50.3. The van der Waals surface area contributed by atoms with Crippen molar-refractivity contribution in [1.82, 2.24) is 0 Å². The Morgan fingerprint density at radius 1 is 0.964 bits per heavy atom. The van der Waals surface area contributed by atoms with Gasteiger partial charge in [0.1, 0.15) is 48.8 Å². The van der Waals surface area contributed by atoms with E-state index in [1.807, 2.05) is 0 Å². The first-order valence-electron chi connectivity index (χ1n) is 9.42. The molecule has 11 heteroatoms. The molecular weight excluding hydrogens is 378 g/mol. The highest BCUT2D eigenvalue weighted by Gasteiger charge is 2.57. The summed E-state index contributed by atoms with van der Waals surface area (Å²) in [6, 6.07) is 0. The van der Waals surface area contributed by atoms with Gasteiger partial charge in [-0.3, -0.25) is 0 Å². The van der Waals surface area contributed by atoms with E-state index in [2.05, 4.69) is 5.16 Å². The van der Waals surface area contributed by atoms with E-state index in [-0.39, 0.29) is 6.42 Å². The molecule has 0 bridgehead atoms. The predicted molar refractivity (Wildman–Crippen MR) is 90.0 cm³/mol. The lowest BCUT2D eigenvalue weighted by atomic mass is 9.91. The highest BCUT2D eigenvalue weighted by Crippen LogP contribution is 2.40. The number of oxime groups is 1. The van der Waals surface area contributed by atoms with Gasteiger partial charge in [-0.05, 0) is 13.8 Å². The molecular formula is C17H27NO10. The summed E-state index contributed by atoms with van der Waals surface area (Å²) in [5, 5.41) is 53.4. The molecule has 28 heavy (non-hydrogen) atoms. The SMILES string of the molecule is CC1(C)O[C@@H]2[C@H](O1)[C@H](O)O[C@@H]2C1=NO[C@H](C[C@H]2O[C@H](CO)[C@@H](O)[C@H](O)[C@@H]2O)C1. The van der Waals surface area contributed by atoms with Gasteiger partial charge in [-0.1, -0.05) is 5.16 Å². The van der Waals surface area contributed by atoms with Gasteiger partial charge >= 0.3 is 0 Å². The molecule has 0 amide bonds. The van der Waals surface area contributed by atoms with Crippen molar-refractivity contribution < 1.29 is 49.3 Å². The van der Waals surface area contributed by atoms with Crippen LogP contribution in [0.3, 0.4) is 0 Å². The van der Waals surface area contributed by atoms with Crippen LogP contribution in [0.15, 0.2) is 5.16 Å². The summed E-state index contributed by atoms with van der Waals surface area (Å²) in [5.74, 6) is -0.839. The van der Waals surface area contributed by atoms with E-state index < -0.39 is 73.6 Å². The fourth-order valence-corrected chi connectivity index (χ4v) is 4.22. The summed E-state index contributed by atoms with van der Waals surface area (Å²) in [7, 11) is 0. The Labute approximate surface area is 161 Å². The zero-order valence-electron chi connectivity index (χ0n) is 15.6. The second-order valence-electron chi connectivity index (χ2n) is 8.13. The van der Waals surface area contributed by atoms with Gasteiger partial charge in [0, 0.05) is 12.8 Å². The van der Waals surface area contributed by atoms with Gasteiger partial charge in [0.05, 0.1) is 18.4 Å². The molecule has 0 unspecified atom stereocenters. The van der Waals surface area contributed by atoms with Gasteiger partial charge in [0.25, 0.3) is 0 Å². The monoisotopic (exact) mass is 405 g/mol. The van der Waals surface area contributed by atoms with Gasteiger partial charge in [0.15, 0.2) is 12.1 Å². The summed E-state index contributed by atoms with van der Waals surface area (Å²) in [5.41, 5.74) is 0.544. The number of aliphatic hydroxyl groups is 5. The molecule has 11 nitrogen and oxygen atoms in total. The molecule has 160 valence electrons. The molecule has 0 aromatic carbocycles. The number of hydrogen-bond acceptors (Lipinski definition) is 11. The van der Waals surface area contributed by atoms with Crippen molar-refractivity contribution in [3.8, 4) is 0 Å². The molecule has 10 atom stereocenters. The molecule has 5 N–H and O–H groups in total. The minimum atomic E-state index is -1.43. The average Bonchev–Trinajstić information content (AvgIpc) is 3.30. The summed E-state index contributed by atoms with van der Waals surface area (Å²) >= 11 is 0. The second kappa shape index (κ2) is 7.42. The van der Waals surface area contributed by atoms with Crippen LogP contribution in [0.4, 0.5) is 0 Å². The fraction of sp³-hybridized carbons (Fsp3) is 0.941. The molecule has 4 heterocycles. The van der Waals surface area contributed by atoms with Crippen LogP contribution in [0.1, 0.15) is 26.7 Å². The number of aliphatic hydroxyl groups excluding tert-OH is 5. The number of ether oxygens (including phenoxy) is 4. The lowest BCUT2D eigenvalue weighted by Crippen LogP contribution is -2.59. The standard InChI is InChI=1S/C17H27NO10/c1-17(2)26-14-13(25-16(23)15(14)27-17)7-3-6(28-18-7)4-8-10(20)12(22)11(21)9(5-19)24-8/h6,8-16,19-23H,3-5H2,1-2H3/t6-,8+,9+,10+,11+,12+,13+,14-,15-,16+/m0/s1. The molecule has 0 spiro atoms. The number of fused-ring (bicyclic) bond motifs is 1. The van der Waals surface area contributed by atoms with E-state index in [9.17, 15) is 25.5 Å². The van der Waals surface area contributed by atoms with E-state index in [1.54, 1.807) is 13.8 Å².